The molecular weight excluding hydrogens is 208 g/mol. The van der Waals surface area contributed by atoms with Gasteiger partial charge in [0.25, 0.3) is 0 Å². The minimum Gasteiger partial charge on any atom is -0.314 e. The zero-order valence-corrected chi connectivity index (χ0v) is 12.7. The van der Waals surface area contributed by atoms with E-state index in [9.17, 15) is 0 Å². The lowest BCUT2D eigenvalue weighted by Crippen LogP contribution is -2.48. The molecule has 102 valence electrons. The molecule has 2 nitrogen and oxygen atoms in total. The summed E-state index contributed by atoms with van der Waals surface area (Å²) in [6.07, 6.45) is 1.40. The second kappa shape index (κ2) is 6.75. The van der Waals surface area contributed by atoms with Crippen LogP contribution < -0.4 is 5.32 Å². The van der Waals surface area contributed by atoms with E-state index in [0.717, 1.165) is 24.3 Å². The Bertz CT molecular complexity index is 205. The van der Waals surface area contributed by atoms with Gasteiger partial charge in [0.1, 0.15) is 0 Å². The van der Waals surface area contributed by atoms with Crippen LogP contribution in [0.5, 0.6) is 0 Å². The van der Waals surface area contributed by atoms with Crippen LogP contribution in [-0.4, -0.2) is 36.6 Å². The summed E-state index contributed by atoms with van der Waals surface area (Å²) in [6, 6.07) is 1.30. The molecule has 0 aromatic carbocycles. The summed E-state index contributed by atoms with van der Waals surface area (Å²) < 4.78 is 0. The largest absolute Gasteiger partial charge is 0.314 e. The molecule has 4 atom stereocenters. The molecule has 1 fully saturated rings. The van der Waals surface area contributed by atoms with Gasteiger partial charge in [-0.05, 0) is 37.6 Å². The van der Waals surface area contributed by atoms with Gasteiger partial charge in [0, 0.05) is 25.2 Å². The molecule has 17 heavy (non-hydrogen) atoms. The number of rotatable bonds is 5. The predicted octanol–water partition coefficient (Wildman–Crippen LogP) is 2.99. The van der Waals surface area contributed by atoms with Crippen LogP contribution >= 0.6 is 0 Å². The Hall–Kier alpha value is -0.0800. The molecule has 0 amide bonds. The summed E-state index contributed by atoms with van der Waals surface area (Å²) in [6.45, 7) is 17.7. The predicted molar refractivity (Wildman–Crippen MR) is 76.3 cm³/mol. The van der Waals surface area contributed by atoms with Crippen molar-refractivity contribution >= 4 is 0 Å². The SMILES string of the molecule is CC1CC(C)CN(C(C)C(C)CNC(C)C)C1. The lowest BCUT2D eigenvalue weighted by molar-refractivity contribution is 0.0771. The number of piperidine rings is 1. The van der Waals surface area contributed by atoms with Gasteiger partial charge in [0.2, 0.25) is 0 Å². The Balaban J connectivity index is 2.42. The second-order valence-electron chi connectivity index (χ2n) is 6.68. The highest BCUT2D eigenvalue weighted by atomic mass is 15.2. The quantitative estimate of drug-likeness (QED) is 0.795. The first-order chi connectivity index (χ1) is 7.90. The molecule has 4 unspecified atom stereocenters. The maximum atomic E-state index is 3.56. The van der Waals surface area contributed by atoms with Gasteiger partial charge >= 0.3 is 0 Å². The van der Waals surface area contributed by atoms with Crippen LogP contribution in [0.2, 0.25) is 0 Å². The van der Waals surface area contributed by atoms with Gasteiger partial charge in [0.05, 0.1) is 0 Å². The smallest absolute Gasteiger partial charge is 0.0105 e. The number of nitrogens with one attached hydrogen (secondary N) is 1. The van der Waals surface area contributed by atoms with E-state index in [-0.39, 0.29) is 0 Å². The van der Waals surface area contributed by atoms with Crippen molar-refractivity contribution < 1.29 is 0 Å². The van der Waals surface area contributed by atoms with E-state index >= 15 is 0 Å². The number of nitrogens with zero attached hydrogens (tertiary/aromatic N) is 1. The first kappa shape index (κ1) is 15.0. The molecule has 1 N–H and O–H groups in total. The lowest BCUT2D eigenvalue weighted by Gasteiger charge is -2.41. The third-order valence-electron chi connectivity index (χ3n) is 4.14. The summed E-state index contributed by atoms with van der Waals surface area (Å²) >= 11 is 0. The third kappa shape index (κ3) is 4.97. The van der Waals surface area contributed by atoms with E-state index in [1.807, 2.05) is 0 Å². The number of hydrogen-bond donors (Lipinski definition) is 1. The van der Waals surface area contributed by atoms with Gasteiger partial charge in [-0.1, -0.05) is 34.6 Å². The van der Waals surface area contributed by atoms with E-state index in [1.54, 1.807) is 0 Å². The molecule has 0 aromatic heterocycles. The fraction of sp³-hybridized carbons (Fsp3) is 1.00. The normalized spacial score (nSPS) is 30.5. The molecule has 1 rings (SSSR count). The van der Waals surface area contributed by atoms with Gasteiger partial charge in [-0.2, -0.15) is 0 Å². The average molecular weight is 240 g/mol. The summed E-state index contributed by atoms with van der Waals surface area (Å²) in [7, 11) is 0. The molecule has 1 heterocycles. The first-order valence-corrected chi connectivity index (χ1v) is 7.37. The third-order valence-corrected chi connectivity index (χ3v) is 4.14. The van der Waals surface area contributed by atoms with Gasteiger partial charge in [0.15, 0.2) is 0 Å². The maximum absolute atomic E-state index is 3.56. The monoisotopic (exact) mass is 240 g/mol. The summed E-state index contributed by atoms with van der Waals surface area (Å²) in [5, 5.41) is 3.56. The standard InChI is InChI=1S/C15H32N2/c1-11(2)16-8-14(5)15(6)17-9-12(3)7-13(4)10-17/h11-16H,7-10H2,1-6H3. The molecule has 0 bridgehead atoms. The Morgan fingerprint density at radius 3 is 2.06 bits per heavy atom. The molecule has 1 aliphatic heterocycles. The van der Waals surface area contributed by atoms with Crippen molar-refractivity contribution in [3.05, 3.63) is 0 Å². The Kier molecular flexibility index (Phi) is 5.94. The molecule has 1 saturated heterocycles. The van der Waals surface area contributed by atoms with Gasteiger partial charge in [-0.25, -0.2) is 0 Å². The van der Waals surface area contributed by atoms with Crippen molar-refractivity contribution in [3.63, 3.8) is 0 Å². The molecule has 0 spiro atoms. The fourth-order valence-electron chi connectivity index (χ4n) is 3.00. The average Bonchev–Trinajstić information content (AvgIpc) is 2.23. The Labute approximate surface area is 108 Å². The van der Waals surface area contributed by atoms with Crippen molar-refractivity contribution in [2.45, 2.75) is 60.0 Å². The number of likely N-dealkylation sites (tertiary alicyclic amines) is 1. The molecule has 0 aliphatic carbocycles. The van der Waals surface area contributed by atoms with Crippen molar-refractivity contribution in [1.29, 1.82) is 0 Å². The van der Waals surface area contributed by atoms with Gasteiger partial charge in [-0.15, -0.1) is 0 Å². The molecule has 2 heteroatoms. The molecule has 1 aliphatic rings. The van der Waals surface area contributed by atoms with Crippen LogP contribution in [0.3, 0.4) is 0 Å². The highest BCUT2D eigenvalue weighted by Crippen LogP contribution is 2.24. The van der Waals surface area contributed by atoms with Crippen LogP contribution in [0.25, 0.3) is 0 Å². The highest BCUT2D eigenvalue weighted by molar-refractivity contribution is 4.82. The zero-order valence-electron chi connectivity index (χ0n) is 12.7. The summed E-state index contributed by atoms with van der Waals surface area (Å²) in [4.78, 5) is 2.70. The van der Waals surface area contributed by atoms with Crippen molar-refractivity contribution in [2.75, 3.05) is 19.6 Å². The minimum atomic E-state index is 0.601. The van der Waals surface area contributed by atoms with E-state index < -0.39 is 0 Å². The van der Waals surface area contributed by atoms with E-state index in [0.29, 0.717) is 12.1 Å². The highest BCUT2D eigenvalue weighted by Gasteiger charge is 2.27. The minimum absolute atomic E-state index is 0.601. The maximum Gasteiger partial charge on any atom is 0.0105 e. The van der Waals surface area contributed by atoms with Crippen molar-refractivity contribution in [2.24, 2.45) is 17.8 Å². The summed E-state index contributed by atoms with van der Waals surface area (Å²) in [5.41, 5.74) is 0. The summed E-state index contributed by atoms with van der Waals surface area (Å²) in [5.74, 6) is 2.47. The fourth-order valence-corrected chi connectivity index (χ4v) is 3.00. The lowest BCUT2D eigenvalue weighted by atomic mass is 9.89. The number of hydrogen-bond acceptors (Lipinski definition) is 2. The molecular formula is C15H32N2. The Morgan fingerprint density at radius 2 is 1.59 bits per heavy atom. The van der Waals surface area contributed by atoms with Gasteiger partial charge in [-0.3, -0.25) is 4.90 Å². The van der Waals surface area contributed by atoms with Gasteiger partial charge < -0.3 is 5.32 Å². The van der Waals surface area contributed by atoms with E-state index in [1.165, 1.54) is 19.5 Å². The van der Waals surface area contributed by atoms with Crippen LogP contribution in [0.1, 0.15) is 48.0 Å². The molecule has 0 aromatic rings. The van der Waals surface area contributed by atoms with Crippen molar-refractivity contribution in [1.82, 2.24) is 10.2 Å². The van der Waals surface area contributed by atoms with Crippen molar-refractivity contribution in [3.8, 4) is 0 Å². The topological polar surface area (TPSA) is 15.3 Å². The van der Waals surface area contributed by atoms with Crippen LogP contribution in [0.4, 0.5) is 0 Å². The Morgan fingerprint density at radius 1 is 1.06 bits per heavy atom. The van der Waals surface area contributed by atoms with Crippen LogP contribution in [0, 0.1) is 17.8 Å². The first-order valence-electron chi connectivity index (χ1n) is 7.37. The van der Waals surface area contributed by atoms with Crippen LogP contribution in [-0.2, 0) is 0 Å². The van der Waals surface area contributed by atoms with E-state index in [2.05, 4.69) is 51.8 Å². The van der Waals surface area contributed by atoms with Crippen LogP contribution in [0.15, 0.2) is 0 Å². The second-order valence-corrected chi connectivity index (χ2v) is 6.68. The molecule has 0 radical (unpaired) electrons. The van der Waals surface area contributed by atoms with E-state index in [4.69, 9.17) is 0 Å². The zero-order chi connectivity index (χ0) is 13.0. The molecule has 0 saturated carbocycles.